The highest BCUT2D eigenvalue weighted by Crippen LogP contribution is 2.22. The van der Waals surface area contributed by atoms with Crippen molar-refractivity contribution in [1.82, 2.24) is 14.7 Å². The number of aryl methyl sites for hydroxylation is 1. The van der Waals surface area contributed by atoms with Crippen LogP contribution in [-0.4, -0.2) is 52.7 Å². The second-order valence-electron chi connectivity index (χ2n) is 7.43. The average molecular weight is 403 g/mol. The van der Waals surface area contributed by atoms with Crippen molar-refractivity contribution < 1.29 is 9.59 Å². The predicted octanol–water partition coefficient (Wildman–Crippen LogP) is 3.10. The number of rotatable bonds is 4. The summed E-state index contributed by atoms with van der Waals surface area (Å²) in [5.41, 5.74) is 4.09. The largest absolute Gasteiger partial charge is 0.368 e. The van der Waals surface area contributed by atoms with Gasteiger partial charge in [0.25, 0.3) is 5.91 Å². The maximum absolute atomic E-state index is 13.2. The number of hydrogen-bond donors (Lipinski definition) is 1. The Kier molecular flexibility index (Phi) is 5.52. The van der Waals surface area contributed by atoms with Crippen LogP contribution < -0.4 is 10.2 Å². The SMILES string of the molecule is CC(=O)Nc1cccc(N2CCN(C(=O)c3cc(C)nn3-c3ccccc3)CC2)c1. The van der Waals surface area contributed by atoms with Crippen LogP contribution in [0.25, 0.3) is 5.69 Å². The van der Waals surface area contributed by atoms with E-state index in [0.717, 1.165) is 35.8 Å². The van der Waals surface area contributed by atoms with Gasteiger partial charge in [0.15, 0.2) is 0 Å². The summed E-state index contributed by atoms with van der Waals surface area (Å²) in [7, 11) is 0. The Morgan fingerprint density at radius 1 is 0.900 bits per heavy atom. The van der Waals surface area contributed by atoms with Crippen molar-refractivity contribution in [2.24, 2.45) is 0 Å². The molecular weight excluding hydrogens is 378 g/mol. The smallest absolute Gasteiger partial charge is 0.272 e. The van der Waals surface area contributed by atoms with Crippen molar-refractivity contribution in [3.05, 3.63) is 72.1 Å². The summed E-state index contributed by atoms with van der Waals surface area (Å²) < 4.78 is 1.72. The first-order chi connectivity index (χ1) is 14.5. The van der Waals surface area contributed by atoms with Crippen LogP contribution in [-0.2, 0) is 4.79 Å². The highest BCUT2D eigenvalue weighted by atomic mass is 16.2. The lowest BCUT2D eigenvalue weighted by atomic mass is 10.2. The molecule has 1 fully saturated rings. The van der Waals surface area contributed by atoms with Gasteiger partial charge in [-0.05, 0) is 43.3 Å². The van der Waals surface area contributed by atoms with E-state index in [-0.39, 0.29) is 11.8 Å². The van der Waals surface area contributed by atoms with Gasteiger partial charge in [0.1, 0.15) is 5.69 Å². The quantitative estimate of drug-likeness (QED) is 0.727. The number of hydrogen-bond acceptors (Lipinski definition) is 4. The molecule has 1 aliphatic rings. The lowest BCUT2D eigenvalue weighted by Gasteiger charge is -2.36. The van der Waals surface area contributed by atoms with Crippen LogP contribution in [0.4, 0.5) is 11.4 Å². The Morgan fingerprint density at radius 3 is 2.30 bits per heavy atom. The molecule has 2 amide bonds. The minimum absolute atomic E-state index is 0.00824. The molecule has 1 saturated heterocycles. The number of nitrogens with zero attached hydrogens (tertiary/aromatic N) is 4. The molecule has 154 valence electrons. The number of amides is 2. The molecule has 0 aliphatic carbocycles. The molecule has 7 heteroatoms. The maximum Gasteiger partial charge on any atom is 0.272 e. The minimum atomic E-state index is -0.0899. The van der Waals surface area contributed by atoms with E-state index in [1.807, 2.05) is 72.5 Å². The number of carbonyl (C=O) groups is 2. The molecule has 0 saturated carbocycles. The van der Waals surface area contributed by atoms with Crippen LogP contribution in [0.15, 0.2) is 60.7 Å². The molecule has 3 aromatic rings. The lowest BCUT2D eigenvalue weighted by molar-refractivity contribution is -0.114. The first-order valence-electron chi connectivity index (χ1n) is 10.1. The van der Waals surface area contributed by atoms with Gasteiger partial charge in [0, 0.05) is 44.5 Å². The van der Waals surface area contributed by atoms with Crippen LogP contribution >= 0.6 is 0 Å². The topological polar surface area (TPSA) is 70.5 Å². The van der Waals surface area contributed by atoms with E-state index in [1.165, 1.54) is 6.92 Å². The number of aromatic nitrogens is 2. The molecule has 4 rings (SSSR count). The highest BCUT2D eigenvalue weighted by Gasteiger charge is 2.25. The predicted molar refractivity (Wildman–Crippen MR) is 117 cm³/mol. The second kappa shape index (κ2) is 8.41. The first-order valence-corrected chi connectivity index (χ1v) is 10.1. The molecule has 7 nitrogen and oxygen atoms in total. The fraction of sp³-hybridized carbons (Fsp3) is 0.261. The zero-order chi connectivity index (χ0) is 21.1. The number of anilines is 2. The fourth-order valence-corrected chi connectivity index (χ4v) is 3.73. The van der Waals surface area contributed by atoms with Gasteiger partial charge in [-0.25, -0.2) is 4.68 Å². The number of benzene rings is 2. The Morgan fingerprint density at radius 2 is 1.60 bits per heavy atom. The van der Waals surface area contributed by atoms with Gasteiger partial charge in [-0.2, -0.15) is 5.10 Å². The normalized spacial score (nSPS) is 13.9. The van der Waals surface area contributed by atoms with Gasteiger partial charge >= 0.3 is 0 Å². The van der Waals surface area contributed by atoms with Gasteiger partial charge < -0.3 is 15.1 Å². The molecule has 1 N–H and O–H groups in total. The summed E-state index contributed by atoms with van der Waals surface area (Å²) >= 11 is 0. The number of piperazine rings is 1. The van der Waals surface area contributed by atoms with Crippen LogP contribution in [0.5, 0.6) is 0 Å². The Hall–Kier alpha value is -3.61. The van der Waals surface area contributed by atoms with Gasteiger partial charge in [-0.1, -0.05) is 24.3 Å². The summed E-state index contributed by atoms with van der Waals surface area (Å²) in [4.78, 5) is 28.6. The van der Waals surface area contributed by atoms with Gasteiger partial charge in [-0.3, -0.25) is 9.59 Å². The number of para-hydroxylation sites is 1. The molecule has 0 unspecified atom stereocenters. The zero-order valence-electron chi connectivity index (χ0n) is 17.2. The van der Waals surface area contributed by atoms with Crippen LogP contribution in [0.1, 0.15) is 23.1 Å². The van der Waals surface area contributed by atoms with E-state index in [1.54, 1.807) is 4.68 Å². The third-order valence-electron chi connectivity index (χ3n) is 5.15. The highest BCUT2D eigenvalue weighted by molar-refractivity contribution is 5.93. The molecule has 1 aromatic heterocycles. The summed E-state index contributed by atoms with van der Waals surface area (Å²) in [6.07, 6.45) is 0. The monoisotopic (exact) mass is 403 g/mol. The summed E-state index contributed by atoms with van der Waals surface area (Å²) in [5.74, 6) is -0.0982. The molecule has 2 aromatic carbocycles. The standard InChI is InChI=1S/C23H25N5O2/c1-17-15-22(28(25-17)20-8-4-3-5-9-20)23(30)27-13-11-26(12-14-27)21-10-6-7-19(16-21)24-18(2)29/h3-10,15-16H,11-14H2,1-2H3,(H,24,29). The van der Waals surface area contributed by atoms with Gasteiger partial charge in [-0.15, -0.1) is 0 Å². The van der Waals surface area contributed by atoms with Crippen molar-refractivity contribution in [2.75, 3.05) is 36.4 Å². The van der Waals surface area contributed by atoms with E-state index >= 15 is 0 Å². The Balaban J connectivity index is 1.46. The van der Waals surface area contributed by atoms with Crippen molar-refractivity contribution in [2.45, 2.75) is 13.8 Å². The zero-order valence-corrected chi connectivity index (χ0v) is 17.2. The average Bonchev–Trinajstić information content (AvgIpc) is 3.15. The van der Waals surface area contributed by atoms with E-state index in [9.17, 15) is 9.59 Å². The fourth-order valence-electron chi connectivity index (χ4n) is 3.73. The van der Waals surface area contributed by atoms with Gasteiger partial charge in [0.2, 0.25) is 5.91 Å². The van der Waals surface area contributed by atoms with E-state index < -0.39 is 0 Å². The van der Waals surface area contributed by atoms with E-state index in [2.05, 4.69) is 15.3 Å². The van der Waals surface area contributed by atoms with Gasteiger partial charge in [0.05, 0.1) is 11.4 Å². The van der Waals surface area contributed by atoms with Crippen LogP contribution in [0.2, 0.25) is 0 Å². The molecule has 2 heterocycles. The molecule has 0 spiro atoms. The summed E-state index contributed by atoms with van der Waals surface area (Å²) in [6, 6.07) is 19.4. The third kappa shape index (κ3) is 4.20. The Bertz CT molecular complexity index is 1050. The second-order valence-corrected chi connectivity index (χ2v) is 7.43. The molecule has 0 radical (unpaired) electrons. The summed E-state index contributed by atoms with van der Waals surface area (Å²) in [6.45, 7) is 6.11. The lowest BCUT2D eigenvalue weighted by Crippen LogP contribution is -2.49. The van der Waals surface area contributed by atoms with Crippen LogP contribution in [0, 0.1) is 6.92 Å². The first kappa shape index (κ1) is 19.7. The molecule has 0 bridgehead atoms. The summed E-state index contributed by atoms with van der Waals surface area (Å²) in [5, 5.41) is 7.33. The molecule has 1 aliphatic heterocycles. The van der Waals surface area contributed by atoms with Crippen molar-refractivity contribution in [3.63, 3.8) is 0 Å². The number of carbonyl (C=O) groups excluding carboxylic acids is 2. The molecular formula is C23H25N5O2. The third-order valence-corrected chi connectivity index (χ3v) is 5.15. The minimum Gasteiger partial charge on any atom is -0.368 e. The van der Waals surface area contributed by atoms with Crippen LogP contribution in [0.3, 0.4) is 0 Å². The van der Waals surface area contributed by atoms with Crippen molar-refractivity contribution in [3.8, 4) is 5.69 Å². The number of nitrogens with one attached hydrogen (secondary N) is 1. The molecule has 30 heavy (non-hydrogen) atoms. The maximum atomic E-state index is 13.2. The van der Waals surface area contributed by atoms with Crippen molar-refractivity contribution >= 4 is 23.2 Å². The molecule has 0 atom stereocenters. The van der Waals surface area contributed by atoms with E-state index in [4.69, 9.17) is 0 Å². The van der Waals surface area contributed by atoms with Crippen molar-refractivity contribution in [1.29, 1.82) is 0 Å². The van der Waals surface area contributed by atoms with E-state index in [0.29, 0.717) is 18.8 Å². The Labute approximate surface area is 175 Å².